The van der Waals surface area contributed by atoms with Crippen molar-refractivity contribution in [2.24, 2.45) is 0 Å². The van der Waals surface area contributed by atoms with E-state index in [-0.39, 0.29) is 34.5 Å². The van der Waals surface area contributed by atoms with E-state index in [9.17, 15) is 13.0 Å². The molecule has 0 atom stereocenters. The molecule has 0 unspecified atom stereocenters. The van der Waals surface area contributed by atoms with Gasteiger partial charge in [0.1, 0.15) is 10.1 Å². The number of allylic oxidation sites excluding steroid dienone is 2. The monoisotopic (exact) mass is 388 g/mol. The molecule has 0 aliphatic carbocycles. The Bertz CT molecular complexity index is 954. The van der Waals surface area contributed by atoms with Crippen LogP contribution >= 0.6 is 0 Å². The van der Waals surface area contributed by atoms with E-state index in [2.05, 4.69) is 19.7 Å². The summed E-state index contributed by atoms with van der Waals surface area (Å²) in [6, 6.07) is 21.6. The van der Waals surface area contributed by atoms with Crippen molar-refractivity contribution in [3.63, 3.8) is 0 Å². The molecule has 0 amide bonds. The summed E-state index contributed by atoms with van der Waals surface area (Å²) in [6.07, 6.45) is 5.11. The van der Waals surface area contributed by atoms with Gasteiger partial charge in [-0.1, -0.05) is 105 Å². The molecule has 0 radical (unpaired) electrons. The summed E-state index contributed by atoms with van der Waals surface area (Å²) in [4.78, 5) is -0.157. The Morgan fingerprint density at radius 1 is 0.741 bits per heavy atom. The minimum absolute atomic E-state index is 0. The molecule has 0 aromatic heterocycles. The van der Waals surface area contributed by atoms with Crippen LogP contribution in [0.25, 0.3) is 16.8 Å². The molecule has 0 aliphatic heterocycles. The van der Waals surface area contributed by atoms with E-state index >= 15 is 0 Å². The predicted molar refractivity (Wildman–Crippen MR) is 109 cm³/mol. The maximum Gasteiger partial charge on any atom is 1.00 e. The molecule has 0 bridgehead atoms. The van der Waals surface area contributed by atoms with Gasteiger partial charge >= 0.3 is 29.6 Å². The normalized spacial score (nSPS) is 9.37. The number of fused-ring (bicyclic) bond motifs is 1. The van der Waals surface area contributed by atoms with E-state index in [1.165, 1.54) is 11.6 Å². The maximum absolute atomic E-state index is 10.9. The van der Waals surface area contributed by atoms with E-state index < -0.39 is 10.1 Å². The Morgan fingerprint density at radius 3 is 1.74 bits per heavy atom. The fourth-order valence-corrected chi connectivity index (χ4v) is 2.70. The van der Waals surface area contributed by atoms with Crippen molar-refractivity contribution < 1.29 is 42.5 Å². The molecular formula is C22H21NaO3S. The molecule has 0 saturated heterocycles. The Morgan fingerprint density at radius 2 is 1.26 bits per heavy atom. The molecule has 0 heterocycles. The molecule has 3 aromatic rings. The Labute approximate surface area is 183 Å². The smallest absolute Gasteiger partial charge is 0.744 e. The third-order valence-corrected chi connectivity index (χ3v) is 4.12. The first-order valence-corrected chi connectivity index (χ1v) is 9.19. The second kappa shape index (κ2) is 13.3. The third-order valence-electron chi connectivity index (χ3n) is 3.22. The van der Waals surface area contributed by atoms with Gasteiger partial charge in [0.25, 0.3) is 0 Å². The van der Waals surface area contributed by atoms with Gasteiger partial charge in [0.15, 0.2) is 0 Å². The van der Waals surface area contributed by atoms with E-state index in [0.29, 0.717) is 5.39 Å². The minimum atomic E-state index is -4.38. The van der Waals surface area contributed by atoms with Crippen LogP contribution in [0.5, 0.6) is 0 Å². The second-order valence-corrected chi connectivity index (χ2v) is 6.37. The van der Waals surface area contributed by atoms with Crippen molar-refractivity contribution in [2.45, 2.75) is 4.90 Å². The van der Waals surface area contributed by atoms with Gasteiger partial charge in [-0.15, -0.1) is 0 Å². The van der Waals surface area contributed by atoms with Crippen molar-refractivity contribution in [1.82, 2.24) is 0 Å². The van der Waals surface area contributed by atoms with Gasteiger partial charge in [0.2, 0.25) is 0 Å². The number of benzene rings is 3. The Balaban J connectivity index is 0.000000443. The second-order valence-electron chi connectivity index (χ2n) is 5.02. The zero-order valence-electron chi connectivity index (χ0n) is 15.4. The summed E-state index contributed by atoms with van der Waals surface area (Å²) >= 11 is 0. The van der Waals surface area contributed by atoms with Crippen LogP contribution in [0.3, 0.4) is 0 Å². The van der Waals surface area contributed by atoms with E-state index in [1.54, 1.807) is 48.6 Å². The van der Waals surface area contributed by atoms with Crippen molar-refractivity contribution in [2.75, 3.05) is 0 Å². The van der Waals surface area contributed by atoms with Crippen LogP contribution in [0, 0.1) is 0 Å². The van der Waals surface area contributed by atoms with E-state index in [1.807, 2.05) is 36.4 Å². The average molecular weight is 388 g/mol. The largest absolute Gasteiger partial charge is 1.00 e. The van der Waals surface area contributed by atoms with Crippen molar-refractivity contribution >= 4 is 27.0 Å². The van der Waals surface area contributed by atoms with E-state index in [0.717, 1.165) is 5.39 Å². The number of hydrogen-bond donors (Lipinski definition) is 0. The third kappa shape index (κ3) is 9.00. The predicted octanol–water partition coefficient (Wildman–Crippen LogP) is 2.44. The molecule has 3 rings (SSSR count). The zero-order valence-corrected chi connectivity index (χ0v) is 18.2. The van der Waals surface area contributed by atoms with Gasteiger partial charge < -0.3 is 4.55 Å². The van der Waals surface area contributed by atoms with E-state index in [4.69, 9.17) is 0 Å². The van der Waals surface area contributed by atoms with Gasteiger partial charge in [-0.05, 0) is 22.4 Å². The van der Waals surface area contributed by atoms with Crippen LogP contribution in [0.2, 0.25) is 0 Å². The van der Waals surface area contributed by atoms with Gasteiger partial charge in [0, 0.05) is 0 Å². The Kier molecular flexibility index (Phi) is 12.3. The molecule has 134 valence electrons. The van der Waals surface area contributed by atoms with Crippen molar-refractivity contribution in [3.05, 3.63) is 110 Å². The van der Waals surface area contributed by atoms with Gasteiger partial charge in [0.05, 0.1) is 4.90 Å². The summed E-state index contributed by atoms with van der Waals surface area (Å²) in [5.74, 6) is 0. The van der Waals surface area contributed by atoms with Crippen LogP contribution in [-0.4, -0.2) is 13.0 Å². The molecule has 3 nitrogen and oxygen atoms in total. The quantitative estimate of drug-likeness (QED) is 0.393. The van der Waals surface area contributed by atoms with Crippen molar-refractivity contribution in [1.29, 1.82) is 0 Å². The molecule has 0 N–H and O–H groups in total. The summed E-state index contributed by atoms with van der Waals surface area (Å²) in [6.45, 7) is 10.4. The average Bonchev–Trinajstić information content (AvgIpc) is 2.68. The summed E-state index contributed by atoms with van der Waals surface area (Å²) in [5.41, 5.74) is 1.17. The summed E-state index contributed by atoms with van der Waals surface area (Å²) in [7, 11) is -4.38. The maximum atomic E-state index is 10.9. The number of rotatable bonds is 3. The van der Waals surface area contributed by atoms with Crippen LogP contribution in [0.15, 0.2) is 110 Å². The van der Waals surface area contributed by atoms with Crippen LogP contribution in [0.4, 0.5) is 0 Å². The first kappa shape index (κ1) is 25.1. The van der Waals surface area contributed by atoms with Crippen LogP contribution in [-0.2, 0) is 10.1 Å². The molecule has 0 aliphatic rings. The van der Waals surface area contributed by atoms with Gasteiger partial charge in [-0.3, -0.25) is 0 Å². The zero-order chi connectivity index (χ0) is 19.4. The van der Waals surface area contributed by atoms with Crippen LogP contribution in [0.1, 0.15) is 5.56 Å². The topological polar surface area (TPSA) is 57.2 Å². The van der Waals surface area contributed by atoms with Crippen molar-refractivity contribution in [3.8, 4) is 0 Å². The fraction of sp³-hybridized carbons (Fsp3) is 0. The van der Waals surface area contributed by atoms with Crippen LogP contribution < -0.4 is 29.6 Å². The number of hydrogen-bond acceptors (Lipinski definition) is 3. The first-order chi connectivity index (χ1) is 12.4. The summed E-state index contributed by atoms with van der Waals surface area (Å²) in [5, 5.41) is 1.23. The summed E-state index contributed by atoms with van der Waals surface area (Å²) < 4.78 is 32.7. The molecule has 3 aromatic carbocycles. The molecule has 0 spiro atoms. The first-order valence-electron chi connectivity index (χ1n) is 7.78. The van der Waals surface area contributed by atoms with Gasteiger partial charge in [-0.25, -0.2) is 8.42 Å². The molecule has 0 fully saturated rings. The fourth-order valence-electron chi connectivity index (χ4n) is 2.00. The molecular weight excluding hydrogens is 367 g/mol. The minimum Gasteiger partial charge on any atom is -0.744 e. The van der Waals surface area contributed by atoms with Gasteiger partial charge in [-0.2, -0.15) is 0 Å². The molecule has 5 heteroatoms. The standard InChI is InChI=1S/C10H8O3S.C8H8.C4H6.Na/c11-14(12,13)10-7-3-5-8-4-1-2-6-9(8)10;1-2-8-6-4-3-5-7-8;1-3-4-2;/h1-7H,(H,11,12,13);2-7H,1H2;3-4H,1-2H2;/q;;;+1/p-1. The SMILES string of the molecule is C=CC=C.C=Cc1ccccc1.O=S(=O)([O-])c1cccc2ccccc12.[Na+]. The molecule has 27 heavy (non-hydrogen) atoms. The molecule has 0 saturated carbocycles. The Hall–Kier alpha value is -1.95.